The number of hydrogen-bond acceptors (Lipinski definition) is 5. The lowest BCUT2D eigenvalue weighted by molar-refractivity contribution is 0.0701. The van der Waals surface area contributed by atoms with E-state index in [1.165, 1.54) is 11.3 Å². The average Bonchev–Trinajstić information content (AvgIpc) is 2.83. The second-order valence-corrected chi connectivity index (χ2v) is 5.52. The van der Waals surface area contributed by atoms with E-state index in [9.17, 15) is 4.79 Å². The van der Waals surface area contributed by atoms with Crippen LogP contribution < -0.4 is 0 Å². The number of carboxylic acid groups (broad SMARTS) is 1. The summed E-state index contributed by atoms with van der Waals surface area (Å²) in [6, 6.07) is 5.96. The highest BCUT2D eigenvalue weighted by Crippen LogP contribution is 2.29. The van der Waals surface area contributed by atoms with Gasteiger partial charge in [-0.3, -0.25) is 0 Å². The van der Waals surface area contributed by atoms with E-state index in [2.05, 4.69) is 21.9 Å². The van der Waals surface area contributed by atoms with Crippen molar-refractivity contribution in [3.8, 4) is 10.6 Å². The number of nitrogens with zero attached hydrogens (tertiary/aromatic N) is 3. The van der Waals surface area contributed by atoms with Crippen molar-refractivity contribution in [2.45, 2.75) is 20.3 Å². The highest BCUT2D eigenvalue weighted by Gasteiger charge is 2.15. The van der Waals surface area contributed by atoms with Crippen LogP contribution in [0.2, 0.25) is 0 Å². The summed E-state index contributed by atoms with van der Waals surface area (Å²) >= 11 is 1.19. The largest absolute Gasteiger partial charge is 0.477 e. The zero-order valence-electron chi connectivity index (χ0n) is 11.8. The van der Waals surface area contributed by atoms with Gasteiger partial charge in [0.05, 0.1) is 5.69 Å². The monoisotopic (exact) mass is 301 g/mol. The quantitative estimate of drug-likeness (QED) is 0.679. The van der Waals surface area contributed by atoms with Crippen LogP contribution in [0.1, 0.15) is 26.5 Å². The van der Waals surface area contributed by atoms with Crippen LogP contribution in [0, 0.1) is 13.8 Å². The van der Waals surface area contributed by atoms with Gasteiger partial charge in [-0.2, -0.15) is 10.2 Å². The van der Waals surface area contributed by atoms with Crippen molar-refractivity contribution in [3.05, 3.63) is 39.9 Å². The number of aromatic nitrogens is 1. The molecule has 1 N–H and O–H groups in total. The first-order valence-corrected chi connectivity index (χ1v) is 7.12. The molecule has 0 amide bonds. The Hall–Kier alpha value is -2.34. The topological polar surface area (TPSA) is 74.9 Å². The van der Waals surface area contributed by atoms with Crippen LogP contribution in [0.3, 0.4) is 0 Å². The summed E-state index contributed by atoms with van der Waals surface area (Å²) in [5.41, 5.74) is 3.70. The second kappa shape index (κ2) is 6.41. The molecule has 0 fully saturated rings. The molecule has 2 aromatic rings. The van der Waals surface area contributed by atoms with Crippen LogP contribution in [0.15, 0.2) is 28.4 Å². The molecule has 0 atom stereocenters. The Bertz CT molecular complexity index is 720. The molecule has 1 aromatic heterocycles. The lowest BCUT2D eigenvalue weighted by Crippen LogP contribution is -1.94. The molecule has 2 rings (SSSR count). The maximum Gasteiger partial charge on any atom is 0.347 e. The fraction of sp³-hybridized carbons (Fsp3) is 0.200. The van der Waals surface area contributed by atoms with Crippen molar-refractivity contribution in [1.82, 2.24) is 4.98 Å². The summed E-state index contributed by atoms with van der Waals surface area (Å²) in [5, 5.41) is 17.0. The van der Waals surface area contributed by atoms with E-state index >= 15 is 0 Å². The minimum atomic E-state index is -0.937. The zero-order valence-corrected chi connectivity index (χ0v) is 12.6. The van der Waals surface area contributed by atoms with Crippen LogP contribution in [-0.2, 0) is 6.42 Å². The standard InChI is InChI=1S/C15H15N3O2S/c1-9-4-5-12(8-11(9)6-7-17-16-3)14-18-10(2)13(21-14)15(19)20/h4-5,7-8H,3,6H2,1-2H3,(H,19,20)/b17-7-. The number of carbonyl (C=O) groups is 1. The molecular weight excluding hydrogens is 286 g/mol. The molecule has 5 nitrogen and oxygen atoms in total. The number of hydrogen-bond donors (Lipinski definition) is 1. The third-order valence-electron chi connectivity index (χ3n) is 3.06. The van der Waals surface area contributed by atoms with Crippen molar-refractivity contribution in [2.75, 3.05) is 0 Å². The van der Waals surface area contributed by atoms with Crippen LogP contribution >= 0.6 is 11.3 Å². The number of aromatic carboxylic acids is 1. The van der Waals surface area contributed by atoms with Crippen LogP contribution in [-0.4, -0.2) is 29.0 Å². The zero-order chi connectivity index (χ0) is 15.4. The molecule has 1 aromatic carbocycles. The van der Waals surface area contributed by atoms with E-state index in [0.29, 0.717) is 17.1 Å². The Kier molecular flexibility index (Phi) is 4.59. The summed E-state index contributed by atoms with van der Waals surface area (Å²) in [5.74, 6) is -0.937. The molecule has 108 valence electrons. The number of aryl methyl sites for hydroxylation is 2. The molecule has 0 saturated carbocycles. The molecule has 0 bridgehead atoms. The summed E-state index contributed by atoms with van der Waals surface area (Å²) in [6.45, 7) is 7.02. The van der Waals surface area contributed by atoms with Gasteiger partial charge in [0, 0.05) is 24.9 Å². The Balaban J connectivity index is 2.38. The smallest absolute Gasteiger partial charge is 0.347 e. The molecule has 1 heterocycles. The molecule has 21 heavy (non-hydrogen) atoms. The van der Waals surface area contributed by atoms with Crippen molar-refractivity contribution in [3.63, 3.8) is 0 Å². The summed E-state index contributed by atoms with van der Waals surface area (Å²) in [6.07, 6.45) is 2.34. The Morgan fingerprint density at radius 2 is 2.24 bits per heavy atom. The maximum absolute atomic E-state index is 11.1. The first-order valence-electron chi connectivity index (χ1n) is 6.31. The molecule has 0 spiro atoms. The van der Waals surface area contributed by atoms with Gasteiger partial charge in [0.25, 0.3) is 0 Å². The van der Waals surface area contributed by atoms with Crippen molar-refractivity contribution < 1.29 is 9.90 Å². The lowest BCUT2D eigenvalue weighted by atomic mass is 10.0. The fourth-order valence-electron chi connectivity index (χ4n) is 1.94. The Labute approximate surface area is 126 Å². The molecule has 0 unspecified atom stereocenters. The molecular formula is C15H15N3O2S. The molecule has 6 heteroatoms. The van der Waals surface area contributed by atoms with Gasteiger partial charge >= 0.3 is 5.97 Å². The van der Waals surface area contributed by atoms with Crippen molar-refractivity contribution >= 4 is 30.2 Å². The van der Waals surface area contributed by atoms with Gasteiger partial charge < -0.3 is 5.11 Å². The van der Waals surface area contributed by atoms with Gasteiger partial charge in [0.1, 0.15) is 9.88 Å². The summed E-state index contributed by atoms with van der Waals surface area (Å²) in [4.78, 5) is 15.7. The van der Waals surface area contributed by atoms with E-state index in [-0.39, 0.29) is 4.88 Å². The van der Waals surface area contributed by atoms with E-state index < -0.39 is 5.97 Å². The van der Waals surface area contributed by atoms with Crippen LogP contribution in [0.25, 0.3) is 10.6 Å². The third-order valence-corrected chi connectivity index (χ3v) is 4.26. The highest BCUT2D eigenvalue weighted by atomic mass is 32.1. The van der Waals surface area contributed by atoms with Crippen LogP contribution in [0.4, 0.5) is 0 Å². The van der Waals surface area contributed by atoms with E-state index in [1.807, 2.05) is 25.1 Å². The van der Waals surface area contributed by atoms with Gasteiger partial charge in [-0.15, -0.1) is 11.3 Å². The second-order valence-electron chi connectivity index (χ2n) is 4.52. The Morgan fingerprint density at radius 1 is 1.48 bits per heavy atom. The Morgan fingerprint density at radius 3 is 2.86 bits per heavy atom. The number of thiazole rings is 1. The number of benzene rings is 1. The molecule has 0 aliphatic heterocycles. The van der Waals surface area contributed by atoms with E-state index in [0.717, 1.165) is 16.7 Å². The van der Waals surface area contributed by atoms with E-state index in [1.54, 1.807) is 13.1 Å². The van der Waals surface area contributed by atoms with Crippen molar-refractivity contribution in [1.29, 1.82) is 0 Å². The summed E-state index contributed by atoms with van der Waals surface area (Å²) in [7, 11) is 0. The highest BCUT2D eigenvalue weighted by molar-refractivity contribution is 7.17. The van der Waals surface area contributed by atoms with Gasteiger partial charge in [-0.05, 0) is 31.0 Å². The first-order chi connectivity index (χ1) is 10.0. The van der Waals surface area contributed by atoms with Gasteiger partial charge in [0.15, 0.2) is 0 Å². The lowest BCUT2D eigenvalue weighted by Gasteiger charge is -2.04. The molecule has 0 aliphatic rings. The normalized spacial score (nSPS) is 11.0. The maximum atomic E-state index is 11.1. The van der Waals surface area contributed by atoms with Gasteiger partial charge in [-0.25, -0.2) is 9.78 Å². The van der Waals surface area contributed by atoms with Gasteiger partial charge in [0.2, 0.25) is 0 Å². The van der Waals surface area contributed by atoms with E-state index in [4.69, 9.17) is 5.11 Å². The first kappa shape index (κ1) is 15.1. The average molecular weight is 301 g/mol. The molecule has 0 saturated heterocycles. The predicted molar refractivity (Wildman–Crippen MR) is 85.7 cm³/mol. The molecule has 0 aliphatic carbocycles. The summed E-state index contributed by atoms with van der Waals surface area (Å²) < 4.78 is 0. The predicted octanol–water partition coefficient (Wildman–Crippen LogP) is 3.35. The number of carboxylic acids is 1. The molecule has 0 radical (unpaired) electrons. The minimum Gasteiger partial charge on any atom is -0.477 e. The SMILES string of the molecule is C=N/N=C\Cc1cc(-c2nc(C)c(C(=O)O)s2)ccc1C. The fourth-order valence-corrected chi connectivity index (χ4v) is 2.84. The third kappa shape index (κ3) is 3.41. The van der Waals surface area contributed by atoms with Crippen molar-refractivity contribution in [2.24, 2.45) is 10.2 Å². The minimum absolute atomic E-state index is 0.282. The van der Waals surface area contributed by atoms with Gasteiger partial charge in [-0.1, -0.05) is 12.1 Å². The number of rotatable bonds is 5. The van der Waals surface area contributed by atoms with Crippen LogP contribution in [0.5, 0.6) is 0 Å².